The fraction of sp³-hybridized carbons (Fsp3) is 0.500. The largest absolute Gasteiger partial charge is 0.424 e. The van der Waals surface area contributed by atoms with Crippen LogP contribution in [0.3, 0.4) is 0 Å². The van der Waals surface area contributed by atoms with Crippen LogP contribution in [0.5, 0.6) is 0 Å². The molecule has 106 valence electrons. The molecular weight excluding hydrogens is 250 g/mol. The maximum Gasteiger partial charge on any atom is 0.230 e. The Bertz CT molecular complexity index is 603. The number of nitrogens with one attached hydrogen (secondary N) is 1. The molecule has 1 aromatic heterocycles. The summed E-state index contributed by atoms with van der Waals surface area (Å²) in [6.45, 7) is 7.07. The molecule has 4 nitrogen and oxygen atoms in total. The van der Waals surface area contributed by atoms with Crippen LogP contribution in [0.15, 0.2) is 28.7 Å². The fourth-order valence-corrected chi connectivity index (χ4v) is 3.05. The minimum atomic E-state index is 0.226. The molecule has 4 heteroatoms. The van der Waals surface area contributed by atoms with Gasteiger partial charge in [0, 0.05) is 13.0 Å². The smallest absolute Gasteiger partial charge is 0.230 e. The third-order valence-electron chi connectivity index (χ3n) is 4.21. The number of fused-ring (bicyclic) bond motifs is 1. The second kappa shape index (κ2) is 5.02. The molecule has 1 aliphatic rings. The first kappa shape index (κ1) is 13.3. The maximum atomic E-state index is 5.45. The van der Waals surface area contributed by atoms with Gasteiger partial charge in [0.1, 0.15) is 0 Å². The van der Waals surface area contributed by atoms with Crippen molar-refractivity contribution < 1.29 is 4.42 Å². The lowest BCUT2D eigenvalue weighted by atomic mass is 9.70. The van der Waals surface area contributed by atoms with E-state index in [-0.39, 0.29) is 5.41 Å². The summed E-state index contributed by atoms with van der Waals surface area (Å²) >= 11 is 0. The number of aromatic nitrogens is 2. The Morgan fingerprint density at radius 2 is 2.10 bits per heavy atom. The topological polar surface area (TPSA) is 51.0 Å². The fourth-order valence-electron chi connectivity index (χ4n) is 3.05. The van der Waals surface area contributed by atoms with Gasteiger partial charge in [-0.05, 0) is 29.4 Å². The molecule has 0 unspecified atom stereocenters. The average molecular weight is 271 g/mol. The number of hydrogen-bond acceptors (Lipinski definition) is 4. The summed E-state index contributed by atoms with van der Waals surface area (Å²) in [5.41, 5.74) is 3.08. The highest BCUT2D eigenvalue weighted by Gasteiger charge is 2.35. The first-order valence-electron chi connectivity index (χ1n) is 7.16. The van der Waals surface area contributed by atoms with Crippen LogP contribution in [0, 0.1) is 12.3 Å². The molecule has 0 saturated heterocycles. The first-order chi connectivity index (χ1) is 9.56. The Kier molecular flexibility index (Phi) is 3.34. The molecule has 1 aromatic carbocycles. The van der Waals surface area contributed by atoms with Crippen molar-refractivity contribution in [2.75, 3.05) is 0 Å². The van der Waals surface area contributed by atoms with Crippen molar-refractivity contribution in [1.29, 1.82) is 0 Å². The molecule has 0 fully saturated rings. The van der Waals surface area contributed by atoms with Gasteiger partial charge >= 0.3 is 0 Å². The monoisotopic (exact) mass is 271 g/mol. The predicted molar refractivity (Wildman–Crippen MR) is 77.2 cm³/mol. The van der Waals surface area contributed by atoms with Crippen LogP contribution in [0.4, 0.5) is 0 Å². The molecule has 1 aliphatic carbocycles. The van der Waals surface area contributed by atoms with Crippen molar-refractivity contribution in [2.45, 2.75) is 46.2 Å². The van der Waals surface area contributed by atoms with Crippen LogP contribution in [0.1, 0.15) is 49.2 Å². The minimum absolute atomic E-state index is 0.226. The van der Waals surface area contributed by atoms with Crippen molar-refractivity contribution >= 4 is 0 Å². The summed E-state index contributed by atoms with van der Waals surface area (Å²) < 4.78 is 5.45. The molecule has 1 heterocycles. The van der Waals surface area contributed by atoms with Crippen LogP contribution in [-0.4, -0.2) is 10.2 Å². The van der Waals surface area contributed by atoms with Gasteiger partial charge in [0.25, 0.3) is 0 Å². The quantitative estimate of drug-likeness (QED) is 0.931. The summed E-state index contributed by atoms with van der Waals surface area (Å²) in [5, 5.41) is 11.5. The van der Waals surface area contributed by atoms with Gasteiger partial charge in [-0.25, -0.2) is 0 Å². The van der Waals surface area contributed by atoms with Crippen molar-refractivity contribution in [2.24, 2.45) is 5.41 Å². The summed E-state index contributed by atoms with van der Waals surface area (Å²) in [4.78, 5) is 0. The van der Waals surface area contributed by atoms with Gasteiger partial charge in [-0.15, -0.1) is 10.2 Å². The molecule has 0 amide bonds. The third-order valence-corrected chi connectivity index (χ3v) is 4.21. The van der Waals surface area contributed by atoms with Gasteiger partial charge in [0.2, 0.25) is 11.8 Å². The number of hydrogen-bond donors (Lipinski definition) is 1. The highest BCUT2D eigenvalue weighted by atomic mass is 16.4. The second-order valence-electron chi connectivity index (χ2n) is 6.22. The van der Waals surface area contributed by atoms with Crippen molar-refractivity contribution in [3.63, 3.8) is 0 Å². The van der Waals surface area contributed by atoms with Crippen LogP contribution in [0.25, 0.3) is 0 Å². The van der Waals surface area contributed by atoms with Crippen LogP contribution >= 0.6 is 0 Å². The van der Waals surface area contributed by atoms with E-state index in [9.17, 15) is 0 Å². The molecule has 0 radical (unpaired) electrons. The number of rotatable bonds is 3. The molecular formula is C16H21N3O. The van der Waals surface area contributed by atoms with Gasteiger partial charge < -0.3 is 9.73 Å². The summed E-state index contributed by atoms with van der Waals surface area (Å²) in [7, 11) is 0. The SMILES string of the molecule is Cc1nnc(CN[C@@H]2c3ccccc3CCC2(C)C)o1. The Hall–Kier alpha value is -1.68. The molecule has 1 atom stereocenters. The molecule has 0 bridgehead atoms. The van der Waals surface area contributed by atoms with Crippen molar-refractivity contribution in [3.05, 3.63) is 47.2 Å². The van der Waals surface area contributed by atoms with Crippen LogP contribution < -0.4 is 5.32 Å². The molecule has 2 aromatic rings. The van der Waals surface area contributed by atoms with Gasteiger partial charge in [-0.1, -0.05) is 38.1 Å². The normalized spacial score (nSPS) is 20.6. The van der Waals surface area contributed by atoms with Gasteiger partial charge in [0.15, 0.2) is 0 Å². The van der Waals surface area contributed by atoms with Crippen LogP contribution in [-0.2, 0) is 13.0 Å². The van der Waals surface area contributed by atoms with Crippen molar-refractivity contribution in [3.8, 4) is 0 Å². The van der Waals surface area contributed by atoms with E-state index in [4.69, 9.17) is 4.42 Å². The summed E-state index contributed by atoms with van der Waals surface area (Å²) in [6, 6.07) is 9.02. The Morgan fingerprint density at radius 3 is 2.85 bits per heavy atom. The number of nitrogens with zero attached hydrogens (tertiary/aromatic N) is 2. The molecule has 0 aliphatic heterocycles. The van der Waals surface area contributed by atoms with Gasteiger partial charge in [0.05, 0.1) is 6.54 Å². The van der Waals surface area contributed by atoms with Crippen molar-refractivity contribution in [1.82, 2.24) is 15.5 Å². The highest BCUT2D eigenvalue weighted by molar-refractivity contribution is 5.34. The lowest BCUT2D eigenvalue weighted by molar-refractivity contribution is 0.203. The Balaban J connectivity index is 1.82. The van der Waals surface area contributed by atoms with E-state index in [0.717, 1.165) is 6.42 Å². The molecule has 0 spiro atoms. The highest BCUT2D eigenvalue weighted by Crippen LogP contribution is 2.43. The maximum absolute atomic E-state index is 5.45. The Morgan fingerprint density at radius 1 is 1.30 bits per heavy atom. The number of benzene rings is 1. The van der Waals surface area contributed by atoms with Gasteiger partial charge in [-0.3, -0.25) is 0 Å². The van der Waals surface area contributed by atoms with E-state index < -0.39 is 0 Å². The van der Waals surface area contributed by atoms with E-state index in [1.807, 2.05) is 6.92 Å². The van der Waals surface area contributed by atoms with Gasteiger partial charge in [-0.2, -0.15) is 0 Å². The van der Waals surface area contributed by atoms with E-state index in [2.05, 4.69) is 53.6 Å². The van der Waals surface area contributed by atoms with E-state index >= 15 is 0 Å². The Labute approximate surface area is 119 Å². The molecule has 3 rings (SSSR count). The van der Waals surface area contributed by atoms with E-state index in [0.29, 0.717) is 24.4 Å². The zero-order valence-electron chi connectivity index (χ0n) is 12.3. The number of aryl methyl sites for hydroxylation is 2. The molecule has 20 heavy (non-hydrogen) atoms. The summed E-state index contributed by atoms with van der Waals surface area (Å²) in [5.74, 6) is 1.27. The molecule has 0 saturated carbocycles. The van der Waals surface area contributed by atoms with Crippen LogP contribution in [0.2, 0.25) is 0 Å². The lowest BCUT2D eigenvalue weighted by Crippen LogP contribution is -2.37. The first-order valence-corrected chi connectivity index (χ1v) is 7.16. The zero-order chi connectivity index (χ0) is 14.2. The second-order valence-corrected chi connectivity index (χ2v) is 6.22. The predicted octanol–water partition coefficient (Wildman–Crippen LogP) is 3.18. The van der Waals surface area contributed by atoms with E-state index in [1.54, 1.807) is 0 Å². The lowest BCUT2D eigenvalue weighted by Gasteiger charge is -2.40. The average Bonchev–Trinajstić information content (AvgIpc) is 2.83. The minimum Gasteiger partial charge on any atom is -0.424 e. The standard InChI is InChI=1S/C16H21N3O/c1-11-18-19-14(20-11)10-17-15-13-7-5-4-6-12(13)8-9-16(15,2)3/h4-7,15,17H,8-10H2,1-3H3/t15-/m1/s1. The third kappa shape index (κ3) is 2.48. The zero-order valence-corrected chi connectivity index (χ0v) is 12.3. The molecule has 1 N–H and O–H groups in total. The van der Waals surface area contributed by atoms with E-state index in [1.165, 1.54) is 17.5 Å². The summed E-state index contributed by atoms with van der Waals surface area (Å²) in [6.07, 6.45) is 2.34.